The van der Waals surface area contributed by atoms with E-state index >= 15 is 0 Å². The van der Waals surface area contributed by atoms with Crippen molar-refractivity contribution < 1.29 is 19.1 Å². The van der Waals surface area contributed by atoms with Gasteiger partial charge in [0.25, 0.3) is 0 Å². The van der Waals surface area contributed by atoms with Gasteiger partial charge >= 0.3 is 5.97 Å². The normalized spacial score (nSPS) is 10.6. The van der Waals surface area contributed by atoms with E-state index in [0.717, 1.165) is 27.8 Å². The van der Waals surface area contributed by atoms with Gasteiger partial charge in [0.05, 0.1) is 17.6 Å². The Morgan fingerprint density at radius 1 is 1.00 bits per heavy atom. The predicted octanol–water partition coefficient (Wildman–Crippen LogP) is 4.51. The molecule has 1 aromatic heterocycles. The van der Waals surface area contributed by atoms with Gasteiger partial charge in [-0.15, -0.1) is 11.3 Å². The van der Waals surface area contributed by atoms with E-state index in [9.17, 15) is 9.59 Å². The Labute approximate surface area is 150 Å². The van der Waals surface area contributed by atoms with Gasteiger partial charge in [0.1, 0.15) is 5.75 Å². The lowest BCUT2D eigenvalue weighted by Gasteiger charge is -2.06. The molecule has 0 unspecified atom stereocenters. The summed E-state index contributed by atoms with van der Waals surface area (Å²) in [5.41, 5.74) is 0.422. The highest BCUT2D eigenvalue weighted by Crippen LogP contribution is 2.22. The van der Waals surface area contributed by atoms with E-state index in [4.69, 9.17) is 9.47 Å². The number of methoxy groups -OCH3 is 1. The van der Waals surface area contributed by atoms with Crippen LogP contribution < -0.4 is 4.74 Å². The highest BCUT2D eigenvalue weighted by molar-refractivity contribution is 7.14. The summed E-state index contributed by atoms with van der Waals surface area (Å²) in [6, 6.07) is 14.6. The first-order valence-corrected chi connectivity index (χ1v) is 8.79. The maximum Gasteiger partial charge on any atom is 0.338 e. The average molecular weight is 354 g/mol. The molecule has 2 aromatic carbocycles. The number of rotatable bonds is 6. The van der Waals surface area contributed by atoms with Crippen LogP contribution in [0, 0.1) is 0 Å². The largest absolute Gasteiger partial charge is 0.497 e. The first kappa shape index (κ1) is 17.2. The molecular weight excluding hydrogens is 336 g/mol. The Morgan fingerprint density at radius 2 is 1.76 bits per heavy atom. The number of esters is 1. The van der Waals surface area contributed by atoms with E-state index in [1.807, 2.05) is 37.3 Å². The third kappa shape index (κ3) is 3.88. The first-order valence-electron chi connectivity index (χ1n) is 7.97. The van der Waals surface area contributed by atoms with Crippen molar-refractivity contribution in [1.82, 2.24) is 0 Å². The molecule has 3 aromatic rings. The van der Waals surface area contributed by atoms with Crippen LogP contribution in [-0.2, 0) is 11.2 Å². The molecule has 0 bridgehead atoms. The molecule has 0 spiro atoms. The summed E-state index contributed by atoms with van der Waals surface area (Å²) in [6.45, 7) is 1.79. The molecule has 128 valence electrons. The smallest absolute Gasteiger partial charge is 0.338 e. The van der Waals surface area contributed by atoms with E-state index in [-0.39, 0.29) is 12.4 Å². The third-order valence-corrected chi connectivity index (χ3v) is 5.17. The summed E-state index contributed by atoms with van der Waals surface area (Å²) >= 11 is 1.44. The second-order valence-electron chi connectivity index (χ2n) is 5.55. The lowest BCUT2D eigenvalue weighted by atomic mass is 10.1. The van der Waals surface area contributed by atoms with Crippen LogP contribution in [0.1, 0.15) is 31.8 Å². The van der Waals surface area contributed by atoms with Crippen LogP contribution in [0.4, 0.5) is 0 Å². The molecule has 0 saturated carbocycles. The van der Waals surface area contributed by atoms with E-state index < -0.39 is 5.97 Å². The molecule has 3 rings (SSSR count). The molecule has 4 nitrogen and oxygen atoms in total. The topological polar surface area (TPSA) is 52.6 Å². The minimum atomic E-state index is -0.502. The monoisotopic (exact) mass is 354 g/mol. The van der Waals surface area contributed by atoms with E-state index in [1.54, 1.807) is 25.3 Å². The van der Waals surface area contributed by atoms with E-state index in [0.29, 0.717) is 10.4 Å². The predicted molar refractivity (Wildman–Crippen MR) is 98.8 cm³/mol. The van der Waals surface area contributed by atoms with Gasteiger partial charge in [-0.2, -0.15) is 0 Å². The number of hydrogen-bond acceptors (Lipinski definition) is 5. The van der Waals surface area contributed by atoms with Crippen LogP contribution in [0.5, 0.6) is 5.75 Å². The van der Waals surface area contributed by atoms with Crippen molar-refractivity contribution in [3.63, 3.8) is 0 Å². The van der Waals surface area contributed by atoms with Gasteiger partial charge in [0.2, 0.25) is 5.78 Å². The standard InChI is InChI=1S/C20H18O4S/c1-3-17-8-9-19(25-17)18(21)12-24-20(22)15-5-4-14-11-16(23-2)7-6-13(14)10-15/h4-11H,3,12H2,1-2H3. The minimum Gasteiger partial charge on any atom is -0.497 e. The molecule has 1 heterocycles. The molecule has 0 radical (unpaired) electrons. The summed E-state index contributed by atoms with van der Waals surface area (Å²) < 4.78 is 10.4. The van der Waals surface area contributed by atoms with E-state index in [1.165, 1.54) is 11.3 Å². The second-order valence-corrected chi connectivity index (χ2v) is 6.72. The molecular formula is C20H18O4S. The van der Waals surface area contributed by atoms with Crippen LogP contribution in [-0.4, -0.2) is 25.5 Å². The van der Waals surface area contributed by atoms with Gasteiger partial charge in [0, 0.05) is 4.88 Å². The zero-order valence-corrected chi connectivity index (χ0v) is 14.9. The van der Waals surface area contributed by atoms with E-state index in [2.05, 4.69) is 0 Å². The first-order chi connectivity index (χ1) is 12.1. The highest BCUT2D eigenvalue weighted by atomic mass is 32.1. The van der Waals surface area contributed by atoms with Crippen molar-refractivity contribution in [1.29, 1.82) is 0 Å². The Kier molecular flexibility index (Phi) is 5.14. The molecule has 0 amide bonds. The number of fused-ring (bicyclic) bond motifs is 1. The van der Waals surface area contributed by atoms with Gasteiger partial charge in [-0.25, -0.2) is 4.79 Å². The number of carbonyl (C=O) groups is 2. The number of ketones is 1. The Balaban J connectivity index is 1.68. The number of ether oxygens (including phenoxy) is 2. The second kappa shape index (κ2) is 7.49. The zero-order valence-electron chi connectivity index (χ0n) is 14.1. The summed E-state index contributed by atoms with van der Waals surface area (Å²) in [4.78, 5) is 26.1. The van der Waals surface area contributed by atoms with Gasteiger partial charge < -0.3 is 9.47 Å². The van der Waals surface area contributed by atoms with Crippen molar-refractivity contribution in [3.05, 3.63) is 63.8 Å². The Bertz CT molecular complexity index is 926. The van der Waals surface area contributed by atoms with Crippen molar-refractivity contribution in [2.45, 2.75) is 13.3 Å². The van der Waals surface area contributed by atoms with Gasteiger partial charge in [-0.1, -0.05) is 19.1 Å². The number of Topliss-reactive ketones (excluding diaryl/α,β-unsaturated/α-hetero) is 1. The molecule has 0 N–H and O–H groups in total. The molecule has 5 heteroatoms. The molecule has 0 atom stereocenters. The Morgan fingerprint density at radius 3 is 2.48 bits per heavy atom. The number of benzene rings is 2. The maximum atomic E-state index is 12.2. The van der Waals surface area contributed by atoms with Crippen LogP contribution in [0.3, 0.4) is 0 Å². The summed E-state index contributed by atoms with van der Waals surface area (Å²) in [5, 5.41) is 1.88. The third-order valence-electron chi connectivity index (χ3n) is 3.90. The summed E-state index contributed by atoms with van der Waals surface area (Å²) in [6.07, 6.45) is 0.889. The zero-order chi connectivity index (χ0) is 17.8. The molecule has 25 heavy (non-hydrogen) atoms. The number of carbonyl (C=O) groups excluding carboxylic acids is 2. The fourth-order valence-corrected chi connectivity index (χ4v) is 3.35. The Hall–Kier alpha value is -2.66. The minimum absolute atomic E-state index is 0.177. The SMILES string of the molecule is CCc1ccc(C(=O)COC(=O)c2ccc3cc(OC)ccc3c2)s1. The fourth-order valence-electron chi connectivity index (χ4n) is 2.48. The number of hydrogen-bond donors (Lipinski definition) is 0. The fraction of sp³-hybridized carbons (Fsp3) is 0.200. The average Bonchev–Trinajstić information content (AvgIpc) is 3.14. The molecule has 0 aliphatic rings. The van der Waals surface area contributed by atoms with Crippen molar-refractivity contribution in [2.75, 3.05) is 13.7 Å². The van der Waals surface area contributed by atoms with Gasteiger partial charge in [-0.3, -0.25) is 4.79 Å². The molecule has 0 aliphatic heterocycles. The molecule has 0 fully saturated rings. The number of aryl methyl sites for hydroxylation is 1. The van der Waals surface area contributed by atoms with Gasteiger partial charge in [-0.05, 0) is 53.6 Å². The maximum absolute atomic E-state index is 12.2. The quantitative estimate of drug-likeness (QED) is 0.483. The molecule has 0 saturated heterocycles. The van der Waals surface area contributed by atoms with Crippen LogP contribution in [0.2, 0.25) is 0 Å². The van der Waals surface area contributed by atoms with Crippen LogP contribution in [0.25, 0.3) is 10.8 Å². The lowest BCUT2D eigenvalue weighted by Crippen LogP contribution is -2.13. The van der Waals surface area contributed by atoms with Gasteiger partial charge in [0.15, 0.2) is 6.61 Å². The highest BCUT2D eigenvalue weighted by Gasteiger charge is 2.14. The van der Waals surface area contributed by atoms with Crippen molar-refractivity contribution in [3.8, 4) is 5.75 Å². The van der Waals surface area contributed by atoms with Crippen molar-refractivity contribution in [2.24, 2.45) is 0 Å². The summed E-state index contributed by atoms with van der Waals surface area (Å²) in [5.74, 6) is 0.0812. The molecule has 0 aliphatic carbocycles. The number of thiophene rings is 1. The summed E-state index contributed by atoms with van der Waals surface area (Å²) in [7, 11) is 1.61. The lowest BCUT2D eigenvalue weighted by molar-refractivity contribution is 0.0476. The van der Waals surface area contributed by atoms with Crippen molar-refractivity contribution >= 4 is 33.9 Å². The van der Waals surface area contributed by atoms with Crippen LogP contribution in [0.15, 0.2) is 48.5 Å². The van der Waals surface area contributed by atoms with Crippen LogP contribution >= 0.6 is 11.3 Å².